The van der Waals surface area contributed by atoms with Gasteiger partial charge < -0.3 is 0 Å². The van der Waals surface area contributed by atoms with Crippen molar-refractivity contribution in [3.63, 3.8) is 0 Å². The molecular weight excluding hydrogens is 302 g/mol. The van der Waals surface area contributed by atoms with Crippen LogP contribution >= 0.6 is 15.9 Å². The minimum Gasteiger partial charge on any atom is -0.228 e. The third-order valence-electron chi connectivity index (χ3n) is 2.57. The summed E-state index contributed by atoms with van der Waals surface area (Å²) in [4.78, 5) is 0. The van der Waals surface area contributed by atoms with Crippen molar-refractivity contribution in [1.29, 1.82) is 5.26 Å². The number of hydrogen-bond acceptors (Lipinski definition) is 3. The van der Waals surface area contributed by atoms with Gasteiger partial charge in [0.25, 0.3) is 0 Å². The van der Waals surface area contributed by atoms with Crippen molar-refractivity contribution in [1.82, 2.24) is 0 Å². The van der Waals surface area contributed by atoms with Crippen LogP contribution in [0.1, 0.15) is 30.6 Å². The van der Waals surface area contributed by atoms with Crippen molar-refractivity contribution < 1.29 is 8.42 Å². The van der Waals surface area contributed by atoms with Gasteiger partial charge in [-0.3, -0.25) is 0 Å². The number of sulfone groups is 1. The second-order valence-electron chi connectivity index (χ2n) is 3.83. The highest BCUT2D eigenvalue weighted by molar-refractivity contribution is 9.10. The molecule has 0 aromatic heterocycles. The number of benzene rings is 1. The van der Waals surface area contributed by atoms with Crippen LogP contribution in [0.15, 0.2) is 28.7 Å². The van der Waals surface area contributed by atoms with Crippen molar-refractivity contribution in [2.75, 3.05) is 5.75 Å². The molecule has 0 radical (unpaired) electrons. The first-order valence-corrected chi connectivity index (χ1v) is 7.82. The lowest BCUT2D eigenvalue weighted by molar-refractivity contribution is 0.584. The Hall–Kier alpha value is -0.860. The maximum atomic E-state index is 12.0. The van der Waals surface area contributed by atoms with Crippen molar-refractivity contribution in [2.24, 2.45) is 0 Å². The molecule has 0 spiro atoms. The van der Waals surface area contributed by atoms with E-state index >= 15 is 0 Å². The van der Waals surface area contributed by atoms with E-state index in [0.29, 0.717) is 6.42 Å². The van der Waals surface area contributed by atoms with Crippen LogP contribution in [0.25, 0.3) is 0 Å². The fourth-order valence-corrected chi connectivity index (χ4v) is 3.37. The topological polar surface area (TPSA) is 57.9 Å². The molecule has 0 bridgehead atoms. The third kappa shape index (κ3) is 4.14. The zero-order valence-corrected chi connectivity index (χ0v) is 12.0. The molecule has 0 saturated heterocycles. The Balaban J connectivity index is 2.82. The molecule has 0 aliphatic heterocycles. The fourth-order valence-electron chi connectivity index (χ4n) is 1.50. The largest absolute Gasteiger partial charge is 0.228 e. The first-order chi connectivity index (χ1) is 7.97. The SMILES string of the molecule is CC(c1cccc(Br)c1)S(=O)(=O)CCCC#N. The lowest BCUT2D eigenvalue weighted by atomic mass is 10.2. The maximum Gasteiger partial charge on any atom is 0.157 e. The van der Waals surface area contributed by atoms with Crippen molar-refractivity contribution >= 4 is 25.8 Å². The molecule has 0 fully saturated rings. The predicted molar refractivity (Wildman–Crippen MR) is 71.2 cm³/mol. The van der Waals surface area contributed by atoms with Gasteiger partial charge in [-0.25, -0.2) is 8.42 Å². The molecule has 0 amide bonds. The van der Waals surface area contributed by atoms with Gasteiger partial charge in [0, 0.05) is 10.9 Å². The van der Waals surface area contributed by atoms with Crippen molar-refractivity contribution in [3.05, 3.63) is 34.3 Å². The normalized spacial score (nSPS) is 13.0. The Bertz CT molecular complexity index is 520. The molecule has 1 aromatic carbocycles. The van der Waals surface area contributed by atoms with Gasteiger partial charge in [0.05, 0.1) is 17.1 Å². The smallest absolute Gasteiger partial charge is 0.157 e. The Kier molecular flexibility index (Phi) is 5.16. The lowest BCUT2D eigenvalue weighted by Gasteiger charge is -2.13. The third-order valence-corrected chi connectivity index (χ3v) is 5.27. The van der Waals surface area contributed by atoms with E-state index in [1.165, 1.54) is 0 Å². The minimum atomic E-state index is -3.17. The predicted octanol–water partition coefficient (Wildman–Crippen LogP) is 3.23. The number of hydrogen-bond donors (Lipinski definition) is 0. The Morgan fingerprint density at radius 1 is 1.47 bits per heavy atom. The average molecular weight is 316 g/mol. The molecule has 3 nitrogen and oxygen atoms in total. The molecule has 0 heterocycles. The first-order valence-electron chi connectivity index (χ1n) is 5.31. The molecule has 0 aliphatic rings. The zero-order chi connectivity index (χ0) is 12.9. The molecule has 1 unspecified atom stereocenters. The van der Waals surface area contributed by atoms with Crippen LogP contribution < -0.4 is 0 Å². The van der Waals surface area contributed by atoms with E-state index in [9.17, 15) is 8.42 Å². The number of nitriles is 1. The van der Waals surface area contributed by atoms with E-state index in [4.69, 9.17) is 5.26 Å². The second-order valence-corrected chi connectivity index (χ2v) is 7.18. The average Bonchev–Trinajstić information content (AvgIpc) is 2.28. The van der Waals surface area contributed by atoms with E-state index in [0.717, 1.165) is 10.0 Å². The van der Waals surface area contributed by atoms with Crippen LogP contribution in [0.2, 0.25) is 0 Å². The lowest BCUT2D eigenvalue weighted by Crippen LogP contribution is -2.14. The van der Waals surface area contributed by atoms with Gasteiger partial charge in [0.1, 0.15) is 0 Å². The van der Waals surface area contributed by atoms with Crippen LogP contribution in [-0.2, 0) is 9.84 Å². The van der Waals surface area contributed by atoms with Crippen LogP contribution in [0, 0.1) is 11.3 Å². The number of unbranched alkanes of at least 4 members (excludes halogenated alkanes) is 1. The van der Waals surface area contributed by atoms with Gasteiger partial charge in [-0.1, -0.05) is 28.1 Å². The molecule has 1 rings (SSSR count). The molecule has 1 aromatic rings. The van der Waals surface area contributed by atoms with Gasteiger partial charge in [-0.05, 0) is 31.0 Å². The molecule has 0 aliphatic carbocycles. The molecule has 0 saturated carbocycles. The number of rotatable bonds is 5. The summed E-state index contributed by atoms with van der Waals surface area (Å²) in [6.07, 6.45) is 0.682. The maximum absolute atomic E-state index is 12.0. The molecule has 1 atom stereocenters. The Morgan fingerprint density at radius 3 is 2.76 bits per heavy atom. The van der Waals surface area contributed by atoms with Gasteiger partial charge >= 0.3 is 0 Å². The summed E-state index contributed by atoms with van der Waals surface area (Å²) < 4.78 is 24.9. The number of nitrogens with zero attached hydrogens (tertiary/aromatic N) is 1. The minimum absolute atomic E-state index is 0.0637. The quantitative estimate of drug-likeness (QED) is 0.784. The zero-order valence-electron chi connectivity index (χ0n) is 9.56. The molecule has 0 N–H and O–H groups in total. The van der Waals surface area contributed by atoms with Gasteiger partial charge in [-0.15, -0.1) is 0 Å². The first kappa shape index (κ1) is 14.2. The summed E-state index contributed by atoms with van der Waals surface area (Å²) in [5.41, 5.74) is 0.774. The highest BCUT2D eigenvalue weighted by Crippen LogP contribution is 2.25. The molecular formula is C12H14BrNO2S. The summed E-state index contributed by atoms with van der Waals surface area (Å²) in [6, 6.07) is 9.25. The highest BCUT2D eigenvalue weighted by atomic mass is 79.9. The van der Waals surface area contributed by atoms with E-state index in [1.807, 2.05) is 24.3 Å². The molecule has 5 heteroatoms. The van der Waals surface area contributed by atoms with Gasteiger partial charge in [0.2, 0.25) is 0 Å². The Morgan fingerprint density at radius 2 is 2.18 bits per heavy atom. The molecule has 92 valence electrons. The summed E-state index contributed by atoms with van der Waals surface area (Å²) in [5.74, 6) is 0.0637. The molecule has 17 heavy (non-hydrogen) atoms. The van der Waals surface area contributed by atoms with E-state index in [-0.39, 0.29) is 12.2 Å². The summed E-state index contributed by atoms with van der Waals surface area (Å²) in [7, 11) is -3.17. The van der Waals surface area contributed by atoms with Crippen molar-refractivity contribution in [3.8, 4) is 6.07 Å². The van der Waals surface area contributed by atoms with Crippen molar-refractivity contribution in [2.45, 2.75) is 25.0 Å². The van der Waals surface area contributed by atoms with Gasteiger partial charge in [0.15, 0.2) is 9.84 Å². The van der Waals surface area contributed by atoms with E-state index in [2.05, 4.69) is 15.9 Å². The van der Waals surface area contributed by atoms with Crippen LogP contribution in [0.5, 0.6) is 0 Å². The highest BCUT2D eigenvalue weighted by Gasteiger charge is 2.22. The Labute approximate surface area is 111 Å². The van der Waals surface area contributed by atoms with Gasteiger partial charge in [-0.2, -0.15) is 5.26 Å². The summed E-state index contributed by atoms with van der Waals surface area (Å²) >= 11 is 3.32. The number of halogens is 1. The van der Waals surface area contributed by atoms with Crippen LogP contribution in [0.4, 0.5) is 0 Å². The van der Waals surface area contributed by atoms with Crippen LogP contribution in [0.3, 0.4) is 0 Å². The monoisotopic (exact) mass is 315 g/mol. The fraction of sp³-hybridized carbons (Fsp3) is 0.417. The summed E-state index contributed by atoms with van der Waals surface area (Å²) in [6.45, 7) is 1.68. The standard InChI is InChI=1S/C12H14BrNO2S/c1-10(11-5-4-6-12(13)9-11)17(15,16)8-3-2-7-14/h4-6,9-10H,2-3,8H2,1H3. The van der Waals surface area contributed by atoms with E-state index in [1.54, 1.807) is 13.0 Å². The van der Waals surface area contributed by atoms with Crippen LogP contribution in [-0.4, -0.2) is 14.2 Å². The second kappa shape index (κ2) is 6.18. The van der Waals surface area contributed by atoms with E-state index < -0.39 is 15.1 Å². The summed E-state index contributed by atoms with van der Waals surface area (Å²) in [5, 5.41) is 7.88.